The number of aliphatic hydroxyl groups is 2. The lowest BCUT2D eigenvalue weighted by atomic mass is 10.0. The van der Waals surface area contributed by atoms with Crippen LogP contribution in [0.5, 0.6) is 0 Å². The number of benzene rings is 1. The van der Waals surface area contributed by atoms with Gasteiger partial charge in [0.15, 0.2) is 0 Å². The van der Waals surface area contributed by atoms with Crippen LogP contribution in [0.4, 0.5) is 10.5 Å². The van der Waals surface area contributed by atoms with Crippen molar-refractivity contribution in [2.24, 2.45) is 0 Å². The number of hydrogen-bond donors (Lipinski definition) is 4. The smallest absolute Gasteiger partial charge is 0.407 e. The highest BCUT2D eigenvalue weighted by atomic mass is 35.5. The minimum atomic E-state index is -1.14. The topological polar surface area (TPSA) is 105 Å². The van der Waals surface area contributed by atoms with Crippen molar-refractivity contribution in [1.82, 2.24) is 5.32 Å². The summed E-state index contributed by atoms with van der Waals surface area (Å²) in [5.41, 5.74) is 5.89. The zero-order valence-electron chi connectivity index (χ0n) is 13.0. The number of carbonyl (C=O) groups excluding carboxylic acids is 1. The first-order valence-electron chi connectivity index (χ1n) is 6.97. The fourth-order valence-electron chi connectivity index (χ4n) is 1.82. The Bertz CT molecular complexity index is 497. The van der Waals surface area contributed by atoms with E-state index in [1.165, 1.54) is 6.07 Å². The van der Waals surface area contributed by atoms with Crippen LogP contribution < -0.4 is 11.1 Å². The van der Waals surface area contributed by atoms with E-state index in [9.17, 15) is 15.0 Å². The summed E-state index contributed by atoms with van der Waals surface area (Å²) in [7, 11) is 0. The maximum atomic E-state index is 11.5. The molecule has 0 aliphatic carbocycles. The molecule has 0 heterocycles. The minimum absolute atomic E-state index is 0.160. The van der Waals surface area contributed by atoms with Crippen molar-refractivity contribution in [1.29, 1.82) is 0 Å². The molecule has 0 aliphatic heterocycles. The molecule has 0 aliphatic rings. The number of amides is 1. The van der Waals surface area contributed by atoms with Crippen molar-refractivity contribution in [3.8, 4) is 0 Å². The SMILES string of the molecule is CC(C)(C)OC(=O)NCCC(O)C(O)c1cc(N)cc(Cl)c1. The molecule has 2 atom stereocenters. The van der Waals surface area contributed by atoms with Crippen LogP contribution in [0.15, 0.2) is 18.2 Å². The van der Waals surface area contributed by atoms with Gasteiger partial charge in [0.05, 0.1) is 6.10 Å². The van der Waals surface area contributed by atoms with Crippen molar-refractivity contribution in [3.63, 3.8) is 0 Å². The van der Waals surface area contributed by atoms with Crippen LogP contribution in [0.2, 0.25) is 5.02 Å². The van der Waals surface area contributed by atoms with Crippen molar-refractivity contribution in [2.45, 2.75) is 45.0 Å². The Morgan fingerprint density at radius 1 is 1.36 bits per heavy atom. The molecule has 6 nitrogen and oxygen atoms in total. The molecule has 5 N–H and O–H groups in total. The molecule has 1 amide bonds. The van der Waals surface area contributed by atoms with Crippen LogP contribution in [0, 0.1) is 0 Å². The zero-order valence-corrected chi connectivity index (χ0v) is 13.7. The van der Waals surface area contributed by atoms with Crippen molar-refractivity contribution >= 4 is 23.4 Å². The highest BCUT2D eigenvalue weighted by Gasteiger charge is 2.20. The number of alkyl carbamates (subject to hydrolysis) is 1. The normalized spacial score (nSPS) is 14.3. The first kappa shape index (κ1) is 18.5. The van der Waals surface area contributed by atoms with Gasteiger partial charge in [-0.2, -0.15) is 0 Å². The van der Waals surface area contributed by atoms with Crippen molar-refractivity contribution < 1.29 is 19.7 Å². The quantitative estimate of drug-likeness (QED) is 0.620. The standard InChI is InChI=1S/C15H23ClN2O4/c1-15(2,3)22-14(21)18-5-4-12(19)13(20)9-6-10(16)8-11(17)7-9/h6-8,12-13,19-20H,4-5,17H2,1-3H3,(H,18,21). The fraction of sp³-hybridized carbons (Fsp3) is 0.533. The van der Waals surface area contributed by atoms with Gasteiger partial charge in [-0.1, -0.05) is 11.6 Å². The molecule has 1 aromatic rings. The van der Waals surface area contributed by atoms with Gasteiger partial charge in [-0.3, -0.25) is 0 Å². The van der Waals surface area contributed by atoms with E-state index in [-0.39, 0.29) is 13.0 Å². The minimum Gasteiger partial charge on any atom is -0.444 e. The lowest BCUT2D eigenvalue weighted by Crippen LogP contribution is -2.34. The van der Waals surface area contributed by atoms with E-state index in [0.29, 0.717) is 16.3 Å². The molecule has 0 saturated carbocycles. The number of carbonyl (C=O) groups is 1. The monoisotopic (exact) mass is 330 g/mol. The van der Waals surface area contributed by atoms with Crippen LogP contribution in [-0.2, 0) is 4.74 Å². The van der Waals surface area contributed by atoms with E-state index in [1.54, 1.807) is 32.9 Å². The Balaban J connectivity index is 2.48. The number of nitrogen functional groups attached to an aromatic ring is 1. The lowest BCUT2D eigenvalue weighted by molar-refractivity contribution is 0.0123. The molecule has 0 saturated heterocycles. The first-order valence-corrected chi connectivity index (χ1v) is 7.35. The molecule has 0 fully saturated rings. The Morgan fingerprint density at radius 2 is 2.00 bits per heavy atom. The Morgan fingerprint density at radius 3 is 2.55 bits per heavy atom. The van der Waals surface area contributed by atoms with Gasteiger partial charge in [-0.15, -0.1) is 0 Å². The van der Waals surface area contributed by atoms with E-state index in [1.807, 2.05) is 0 Å². The van der Waals surface area contributed by atoms with Gasteiger partial charge in [0, 0.05) is 17.3 Å². The summed E-state index contributed by atoms with van der Waals surface area (Å²) in [4.78, 5) is 11.5. The molecular weight excluding hydrogens is 308 g/mol. The van der Waals surface area contributed by atoms with Crippen molar-refractivity contribution in [2.75, 3.05) is 12.3 Å². The third kappa shape index (κ3) is 6.51. The van der Waals surface area contributed by atoms with Crippen molar-refractivity contribution in [3.05, 3.63) is 28.8 Å². The molecule has 124 valence electrons. The molecule has 0 bridgehead atoms. The van der Waals surface area contributed by atoms with Gasteiger partial charge in [0.25, 0.3) is 0 Å². The van der Waals surface area contributed by atoms with Gasteiger partial charge in [0.1, 0.15) is 11.7 Å². The maximum absolute atomic E-state index is 11.5. The largest absolute Gasteiger partial charge is 0.444 e. The number of anilines is 1. The van der Waals surface area contributed by atoms with Gasteiger partial charge < -0.3 is 26.0 Å². The summed E-state index contributed by atoms with van der Waals surface area (Å²) in [6, 6.07) is 4.63. The Kier molecular flexibility index (Phi) is 6.47. The number of rotatable bonds is 5. The summed E-state index contributed by atoms with van der Waals surface area (Å²) >= 11 is 5.86. The number of ether oxygens (including phenoxy) is 1. The summed E-state index contributed by atoms with van der Waals surface area (Å²) in [6.45, 7) is 5.45. The second kappa shape index (κ2) is 7.67. The van der Waals surface area contributed by atoms with Crippen LogP contribution in [0.1, 0.15) is 38.9 Å². The number of nitrogens with one attached hydrogen (secondary N) is 1. The lowest BCUT2D eigenvalue weighted by Gasteiger charge is -2.21. The number of hydrogen-bond acceptors (Lipinski definition) is 5. The Labute approximate surface area is 135 Å². The molecular formula is C15H23ClN2O4. The summed E-state index contributed by atoms with van der Waals surface area (Å²) < 4.78 is 5.07. The molecule has 0 aromatic heterocycles. The average molecular weight is 331 g/mol. The van der Waals surface area contributed by atoms with Crippen LogP contribution in [0.25, 0.3) is 0 Å². The van der Waals surface area contributed by atoms with Gasteiger partial charge in [-0.25, -0.2) is 4.79 Å². The number of halogens is 1. The zero-order chi connectivity index (χ0) is 16.9. The number of aliphatic hydroxyl groups excluding tert-OH is 2. The van der Waals surface area contributed by atoms with E-state index in [2.05, 4.69) is 5.32 Å². The second-order valence-corrected chi connectivity index (χ2v) is 6.48. The fourth-order valence-corrected chi connectivity index (χ4v) is 2.07. The third-order valence-electron chi connectivity index (χ3n) is 2.76. The predicted molar refractivity (Wildman–Crippen MR) is 85.7 cm³/mol. The molecule has 22 heavy (non-hydrogen) atoms. The first-order chi connectivity index (χ1) is 10.1. The number of nitrogens with two attached hydrogens (primary N) is 1. The summed E-state index contributed by atoms with van der Waals surface area (Å²) in [5.74, 6) is 0. The van der Waals surface area contributed by atoms with Crippen LogP contribution >= 0.6 is 11.6 Å². The molecule has 2 unspecified atom stereocenters. The summed E-state index contributed by atoms with van der Waals surface area (Å²) in [6.07, 6.45) is -2.61. The van der Waals surface area contributed by atoms with E-state index in [4.69, 9.17) is 22.1 Å². The molecule has 0 radical (unpaired) electrons. The van der Waals surface area contributed by atoms with Gasteiger partial charge >= 0.3 is 6.09 Å². The molecule has 0 spiro atoms. The Hall–Kier alpha value is -1.50. The highest BCUT2D eigenvalue weighted by molar-refractivity contribution is 6.30. The molecule has 7 heteroatoms. The average Bonchev–Trinajstić information content (AvgIpc) is 2.34. The van der Waals surface area contributed by atoms with E-state index >= 15 is 0 Å². The van der Waals surface area contributed by atoms with Crippen LogP contribution in [-0.4, -0.2) is 34.6 Å². The molecule has 1 rings (SSSR count). The summed E-state index contributed by atoms with van der Waals surface area (Å²) in [5, 5.41) is 23.0. The van der Waals surface area contributed by atoms with Gasteiger partial charge in [-0.05, 0) is 51.0 Å². The van der Waals surface area contributed by atoms with Gasteiger partial charge in [0.2, 0.25) is 0 Å². The van der Waals surface area contributed by atoms with E-state index < -0.39 is 23.9 Å². The second-order valence-electron chi connectivity index (χ2n) is 6.05. The predicted octanol–water partition coefficient (Wildman–Crippen LogP) is 2.23. The highest BCUT2D eigenvalue weighted by Crippen LogP contribution is 2.25. The molecule has 1 aromatic carbocycles. The van der Waals surface area contributed by atoms with E-state index in [0.717, 1.165) is 0 Å². The maximum Gasteiger partial charge on any atom is 0.407 e. The third-order valence-corrected chi connectivity index (χ3v) is 2.97. The van der Waals surface area contributed by atoms with Crippen LogP contribution in [0.3, 0.4) is 0 Å².